The maximum atomic E-state index is 5.38. The Morgan fingerprint density at radius 3 is 1.55 bits per heavy atom. The first-order chi connectivity index (χ1) is 4.58. The number of rotatable bonds is 2. The Kier molecular flexibility index (Phi) is 4.43. The number of hydrogen-bond acceptors (Lipinski definition) is 1. The third-order valence-corrected chi connectivity index (χ3v) is 2.45. The molecule has 0 saturated carbocycles. The first kappa shape index (κ1) is 12.7. The molecular formula is C3H3Cl6OP. The minimum absolute atomic E-state index is 0.0843. The molecule has 0 fully saturated rings. The molecule has 0 bridgehead atoms. The molecule has 0 aromatic heterocycles. The Hall–Kier alpha value is 1.71. The summed E-state index contributed by atoms with van der Waals surface area (Å²) in [7, 11) is 0. The molecule has 0 aliphatic heterocycles. The maximum absolute atomic E-state index is 5.38. The molecule has 0 amide bonds. The molecule has 0 unspecified atom stereocenters. The van der Waals surface area contributed by atoms with E-state index in [2.05, 4.69) is 0 Å². The third kappa shape index (κ3) is 8.05. The van der Waals surface area contributed by atoms with Gasteiger partial charge in [0.25, 0.3) is 0 Å². The van der Waals surface area contributed by atoms with Gasteiger partial charge in [0.15, 0.2) is 0 Å². The quantitative estimate of drug-likeness (QED) is 0.465. The van der Waals surface area contributed by atoms with E-state index in [9.17, 15) is 0 Å². The Balaban J connectivity index is 4.42. The average molecular weight is 299 g/mol. The molecule has 0 aliphatic carbocycles. The van der Waals surface area contributed by atoms with Gasteiger partial charge in [0, 0.05) is 0 Å². The van der Waals surface area contributed by atoms with Crippen molar-refractivity contribution in [2.45, 2.75) is 6.92 Å². The van der Waals surface area contributed by atoms with Crippen LogP contribution < -0.4 is 0 Å². The van der Waals surface area contributed by atoms with Crippen LogP contribution in [0.25, 0.3) is 0 Å². The standard InChI is InChI=1S/C3H3Cl6OP/c1-2(3(4)5)10-11(6,7,8)9/h1H3. The van der Waals surface area contributed by atoms with Gasteiger partial charge in [0.2, 0.25) is 0 Å². The molecule has 0 aromatic carbocycles. The molecular weight excluding hydrogens is 296 g/mol. The van der Waals surface area contributed by atoms with Gasteiger partial charge in [-0.25, -0.2) is 0 Å². The van der Waals surface area contributed by atoms with Gasteiger partial charge in [-0.1, -0.05) is 0 Å². The van der Waals surface area contributed by atoms with E-state index in [4.69, 9.17) is 72.7 Å². The molecule has 0 aromatic rings. The first-order valence-corrected chi connectivity index (χ1v) is 8.72. The minimum atomic E-state index is -4.08. The van der Waals surface area contributed by atoms with Crippen molar-refractivity contribution in [3.63, 3.8) is 0 Å². The molecule has 0 saturated heterocycles. The predicted molar refractivity (Wildman–Crippen MR) is 55.8 cm³/mol. The summed E-state index contributed by atoms with van der Waals surface area (Å²) >= 11 is 32.1. The molecule has 0 atom stereocenters. The van der Waals surface area contributed by atoms with Gasteiger partial charge in [-0.15, -0.1) is 0 Å². The van der Waals surface area contributed by atoms with E-state index in [1.807, 2.05) is 0 Å². The molecule has 0 radical (unpaired) electrons. The van der Waals surface area contributed by atoms with Gasteiger partial charge in [-0.05, 0) is 0 Å². The van der Waals surface area contributed by atoms with Crippen LogP contribution in [0, 0.1) is 0 Å². The molecule has 11 heavy (non-hydrogen) atoms. The van der Waals surface area contributed by atoms with Crippen LogP contribution in [0.15, 0.2) is 10.3 Å². The van der Waals surface area contributed by atoms with Crippen LogP contribution in [0.4, 0.5) is 0 Å². The van der Waals surface area contributed by atoms with E-state index < -0.39 is 4.24 Å². The second kappa shape index (κ2) is 3.84. The molecule has 0 heterocycles. The Morgan fingerprint density at radius 1 is 1.09 bits per heavy atom. The van der Waals surface area contributed by atoms with E-state index in [-0.39, 0.29) is 10.3 Å². The van der Waals surface area contributed by atoms with Crippen molar-refractivity contribution >= 4 is 72.4 Å². The van der Waals surface area contributed by atoms with Crippen LogP contribution in [-0.4, -0.2) is 0 Å². The number of halogens is 6. The van der Waals surface area contributed by atoms with Crippen molar-refractivity contribution in [1.82, 2.24) is 0 Å². The number of hydrogen-bond donors (Lipinski definition) is 0. The second-order valence-electron chi connectivity index (χ2n) is 1.57. The Labute approximate surface area is 93.6 Å². The van der Waals surface area contributed by atoms with Gasteiger partial charge < -0.3 is 0 Å². The van der Waals surface area contributed by atoms with Crippen molar-refractivity contribution in [2.75, 3.05) is 0 Å². The zero-order valence-electron chi connectivity index (χ0n) is 5.12. The van der Waals surface area contributed by atoms with Crippen molar-refractivity contribution in [3.05, 3.63) is 10.3 Å². The molecule has 0 spiro atoms. The zero-order chi connectivity index (χ0) is 9.31. The molecule has 0 aliphatic rings. The van der Waals surface area contributed by atoms with E-state index in [0.29, 0.717) is 0 Å². The monoisotopic (exact) mass is 296 g/mol. The fourth-order valence-corrected chi connectivity index (χ4v) is 2.17. The van der Waals surface area contributed by atoms with E-state index in [1.54, 1.807) is 0 Å². The van der Waals surface area contributed by atoms with Crippen LogP contribution >= 0.6 is 72.4 Å². The summed E-state index contributed by atoms with van der Waals surface area (Å²) in [6.45, 7) is 1.44. The van der Waals surface area contributed by atoms with Crippen LogP contribution in [-0.2, 0) is 4.52 Å². The molecule has 0 rings (SSSR count). The summed E-state index contributed by atoms with van der Waals surface area (Å²) in [6, 6.07) is 0. The summed E-state index contributed by atoms with van der Waals surface area (Å²) in [5.74, 6) is 0.0843. The Bertz CT molecular complexity index is 178. The van der Waals surface area contributed by atoms with Crippen molar-refractivity contribution in [3.8, 4) is 0 Å². The summed E-state index contributed by atoms with van der Waals surface area (Å²) in [5.41, 5.74) is 0. The van der Waals surface area contributed by atoms with Crippen LogP contribution in [0.1, 0.15) is 6.92 Å². The van der Waals surface area contributed by atoms with Gasteiger partial charge >= 0.3 is 94.1 Å². The SMILES string of the molecule is CC(OP(Cl)(Cl)(Cl)Cl)=C(Cl)Cl. The van der Waals surface area contributed by atoms with Gasteiger partial charge in [-0.2, -0.15) is 0 Å². The van der Waals surface area contributed by atoms with E-state index >= 15 is 0 Å². The average Bonchev–Trinajstić information content (AvgIpc) is 1.57. The second-order valence-corrected chi connectivity index (χ2v) is 14.9. The molecule has 0 N–H and O–H groups in total. The van der Waals surface area contributed by atoms with Gasteiger partial charge in [-0.3, -0.25) is 0 Å². The fourth-order valence-electron chi connectivity index (χ4n) is 0.242. The van der Waals surface area contributed by atoms with Crippen molar-refractivity contribution in [2.24, 2.45) is 0 Å². The first-order valence-electron chi connectivity index (χ1n) is 2.19. The predicted octanol–water partition coefficient (Wildman–Crippen LogP) is 5.75. The molecule has 8 heteroatoms. The van der Waals surface area contributed by atoms with Gasteiger partial charge in [0.1, 0.15) is 0 Å². The molecule has 68 valence electrons. The summed E-state index contributed by atoms with van der Waals surface area (Å²) < 4.78 is 0.495. The van der Waals surface area contributed by atoms with Crippen molar-refractivity contribution < 1.29 is 4.52 Å². The van der Waals surface area contributed by atoms with Crippen LogP contribution in [0.2, 0.25) is 0 Å². The van der Waals surface area contributed by atoms with Crippen molar-refractivity contribution in [1.29, 1.82) is 0 Å². The van der Waals surface area contributed by atoms with E-state index in [0.717, 1.165) is 0 Å². The summed E-state index contributed by atoms with van der Waals surface area (Å²) in [6.07, 6.45) is 0. The Morgan fingerprint density at radius 2 is 1.45 bits per heavy atom. The molecule has 1 nitrogen and oxygen atoms in total. The van der Waals surface area contributed by atoms with Gasteiger partial charge in [0.05, 0.1) is 0 Å². The normalized spacial score (nSPS) is 15.0. The van der Waals surface area contributed by atoms with Crippen LogP contribution in [0.5, 0.6) is 0 Å². The van der Waals surface area contributed by atoms with Crippen LogP contribution in [0.3, 0.4) is 0 Å². The number of allylic oxidation sites excluding steroid dienone is 1. The summed E-state index contributed by atoms with van der Waals surface area (Å²) in [5, 5.41) is 0. The van der Waals surface area contributed by atoms with E-state index in [1.165, 1.54) is 6.92 Å². The topological polar surface area (TPSA) is 9.23 Å². The fraction of sp³-hybridized carbons (Fsp3) is 0.333. The zero-order valence-corrected chi connectivity index (χ0v) is 10.6. The third-order valence-electron chi connectivity index (χ3n) is 0.541. The summed E-state index contributed by atoms with van der Waals surface area (Å²) in [4.78, 5) is 0.